The monoisotopic (exact) mass is 248 g/mol. The summed E-state index contributed by atoms with van der Waals surface area (Å²) in [5.41, 5.74) is 0.791. The first-order chi connectivity index (χ1) is 8.69. The highest BCUT2D eigenvalue weighted by Gasteiger charge is 2.14. The largest absolute Gasteiger partial charge is 0.497 e. The van der Waals surface area contributed by atoms with E-state index in [1.54, 1.807) is 7.11 Å². The Balaban J connectivity index is 2.46. The Hall–Kier alpha value is -1.31. The molecule has 1 aromatic rings. The number of hydrogen-bond acceptors (Lipinski definition) is 2. The molecule has 2 nitrogen and oxygen atoms in total. The van der Waals surface area contributed by atoms with Crippen LogP contribution in [0.5, 0.6) is 5.75 Å². The van der Waals surface area contributed by atoms with Gasteiger partial charge >= 0.3 is 0 Å². The van der Waals surface area contributed by atoms with E-state index in [0.29, 0.717) is 0 Å². The molecule has 2 heteroatoms. The van der Waals surface area contributed by atoms with Crippen molar-refractivity contribution < 1.29 is 9.53 Å². The van der Waals surface area contributed by atoms with Crippen LogP contribution in [0.2, 0.25) is 0 Å². The van der Waals surface area contributed by atoms with Gasteiger partial charge in [-0.2, -0.15) is 0 Å². The molecule has 0 saturated carbocycles. The second-order valence-electron chi connectivity index (χ2n) is 4.84. The van der Waals surface area contributed by atoms with Crippen LogP contribution in [0.4, 0.5) is 0 Å². The summed E-state index contributed by atoms with van der Waals surface area (Å²) >= 11 is 0. The fraction of sp³-hybridized carbons (Fsp3) is 0.562. The summed E-state index contributed by atoms with van der Waals surface area (Å²) in [4.78, 5) is 12.2. The van der Waals surface area contributed by atoms with E-state index in [4.69, 9.17) is 4.74 Å². The van der Waals surface area contributed by atoms with Crippen molar-refractivity contribution in [1.82, 2.24) is 0 Å². The van der Waals surface area contributed by atoms with Gasteiger partial charge in [0.05, 0.1) is 7.11 Å². The van der Waals surface area contributed by atoms with Gasteiger partial charge < -0.3 is 4.74 Å². The van der Waals surface area contributed by atoms with Crippen LogP contribution in [0.1, 0.15) is 56.3 Å². The molecular weight excluding hydrogens is 224 g/mol. The van der Waals surface area contributed by atoms with E-state index in [1.807, 2.05) is 31.2 Å². The molecule has 100 valence electrons. The molecule has 0 saturated heterocycles. The van der Waals surface area contributed by atoms with Gasteiger partial charge in [0.15, 0.2) is 5.78 Å². The molecular formula is C16H24O2. The minimum Gasteiger partial charge on any atom is -0.497 e. The molecule has 0 fully saturated rings. The molecule has 0 spiro atoms. The van der Waals surface area contributed by atoms with E-state index in [0.717, 1.165) is 24.2 Å². The third-order valence-corrected chi connectivity index (χ3v) is 3.31. The maximum absolute atomic E-state index is 12.2. The lowest BCUT2D eigenvalue weighted by atomic mass is 9.94. The van der Waals surface area contributed by atoms with Crippen molar-refractivity contribution in [3.63, 3.8) is 0 Å². The molecule has 0 radical (unpaired) electrons. The smallest absolute Gasteiger partial charge is 0.165 e. The Labute approximate surface area is 110 Å². The predicted octanol–water partition coefficient (Wildman–Crippen LogP) is 4.48. The lowest BCUT2D eigenvalue weighted by Gasteiger charge is -2.10. The second-order valence-corrected chi connectivity index (χ2v) is 4.84. The minimum atomic E-state index is 0.121. The van der Waals surface area contributed by atoms with E-state index >= 15 is 0 Å². The molecule has 1 atom stereocenters. The van der Waals surface area contributed by atoms with Gasteiger partial charge in [0.1, 0.15) is 5.75 Å². The van der Waals surface area contributed by atoms with Crippen molar-refractivity contribution >= 4 is 5.78 Å². The summed E-state index contributed by atoms with van der Waals surface area (Å²) in [6.45, 7) is 4.23. The maximum Gasteiger partial charge on any atom is 0.165 e. The van der Waals surface area contributed by atoms with Crippen molar-refractivity contribution in [2.24, 2.45) is 5.92 Å². The molecule has 0 amide bonds. The van der Waals surface area contributed by atoms with E-state index in [2.05, 4.69) is 6.92 Å². The molecule has 1 aromatic carbocycles. The van der Waals surface area contributed by atoms with Gasteiger partial charge in [-0.3, -0.25) is 4.79 Å². The number of ketones is 1. The third kappa shape index (κ3) is 4.52. The molecule has 0 aromatic heterocycles. The van der Waals surface area contributed by atoms with Crippen molar-refractivity contribution in [2.45, 2.75) is 46.0 Å². The second kappa shape index (κ2) is 7.91. The first-order valence-corrected chi connectivity index (χ1v) is 6.87. The number of Topliss-reactive ketones (excluding diaryl/α,β-unsaturated/α-hetero) is 1. The van der Waals surface area contributed by atoms with Crippen molar-refractivity contribution in [3.8, 4) is 5.75 Å². The fourth-order valence-corrected chi connectivity index (χ4v) is 2.05. The first-order valence-electron chi connectivity index (χ1n) is 6.87. The van der Waals surface area contributed by atoms with Gasteiger partial charge in [0.25, 0.3) is 0 Å². The van der Waals surface area contributed by atoms with E-state index in [1.165, 1.54) is 19.3 Å². The van der Waals surface area contributed by atoms with Gasteiger partial charge in [-0.25, -0.2) is 0 Å². The highest BCUT2D eigenvalue weighted by molar-refractivity contribution is 5.97. The SMILES string of the molecule is CCCCCCC(C)C(=O)c1ccc(OC)cc1. The third-order valence-electron chi connectivity index (χ3n) is 3.31. The van der Waals surface area contributed by atoms with E-state index in [9.17, 15) is 4.79 Å². The van der Waals surface area contributed by atoms with Crippen molar-refractivity contribution in [2.75, 3.05) is 7.11 Å². The van der Waals surface area contributed by atoms with Crippen LogP contribution in [-0.4, -0.2) is 12.9 Å². The summed E-state index contributed by atoms with van der Waals surface area (Å²) in [5, 5.41) is 0. The highest BCUT2D eigenvalue weighted by atomic mass is 16.5. The minimum absolute atomic E-state index is 0.121. The molecule has 0 aliphatic carbocycles. The van der Waals surface area contributed by atoms with Gasteiger partial charge in [-0.1, -0.05) is 39.5 Å². The summed E-state index contributed by atoms with van der Waals surface area (Å²) in [7, 11) is 1.63. The van der Waals surface area contributed by atoms with Crippen LogP contribution in [0.25, 0.3) is 0 Å². The van der Waals surface area contributed by atoms with Crippen LogP contribution in [0.3, 0.4) is 0 Å². The number of unbranched alkanes of at least 4 members (excludes halogenated alkanes) is 3. The Morgan fingerprint density at radius 1 is 1.17 bits per heavy atom. The zero-order chi connectivity index (χ0) is 13.4. The summed E-state index contributed by atoms with van der Waals surface area (Å²) in [5.74, 6) is 1.16. The van der Waals surface area contributed by atoms with Gasteiger partial charge in [-0.15, -0.1) is 0 Å². The first kappa shape index (κ1) is 14.7. The number of ether oxygens (including phenoxy) is 1. The number of hydrogen-bond donors (Lipinski definition) is 0. The van der Waals surface area contributed by atoms with E-state index in [-0.39, 0.29) is 11.7 Å². The Morgan fingerprint density at radius 3 is 2.39 bits per heavy atom. The zero-order valence-electron chi connectivity index (χ0n) is 11.7. The van der Waals surface area contributed by atoms with Crippen LogP contribution < -0.4 is 4.74 Å². The van der Waals surface area contributed by atoms with Crippen LogP contribution in [0, 0.1) is 5.92 Å². The van der Waals surface area contributed by atoms with Gasteiger partial charge in [0, 0.05) is 11.5 Å². The average Bonchev–Trinajstić information content (AvgIpc) is 2.42. The molecule has 18 heavy (non-hydrogen) atoms. The standard InChI is InChI=1S/C16H24O2/c1-4-5-6-7-8-13(2)16(17)14-9-11-15(18-3)12-10-14/h9-13H,4-8H2,1-3H3. The van der Waals surface area contributed by atoms with Crippen molar-refractivity contribution in [3.05, 3.63) is 29.8 Å². The van der Waals surface area contributed by atoms with Crippen molar-refractivity contribution in [1.29, 1.82) is 0 Å². The Bertz CT molecular complexity index is 354. The number of benzene rings is 1. The van der Waals surface area contributed by atoms with Gasteiger partial charge in [0.2, 0.25) is 0 Å². The lowest BCUT2D eigenvalue weighted by Crippen LogP contribution is -2.11. The molecule has 0 aliphatic rings. The molecule has 1 unspecified atom stereocenters. The summed E-state index contributed by atoms with van der Waals surface area (Å²) < 4.78 is 5.09. The predicted molar refractivity (Wildman–Crippen MR) is 75.2 cm³/mol. The van der Waals surface area contributed by atoms with Crippen LogP contribution in [0.15, 0.2) is 24.3 Å². The fourth-order valence-electron chi connectivity index (χ4n) is 2.05. The maximum atomic E-state index is 12.2. The zero-order valence-corrected chi connectivity index (χ0v) is 11.7. The number of rotatable bonds is 8. The number of carbonyl (C=O) groups excluding carboxylic acids is 1. The summed E-state index contributed by atoms with van der Waals surface area (Å²) in [6.07, 6.45) is 5.88. The number of carbonyl (C=O) groups is 1. The molecule has 0 heterocycles. The topological polar surface area (TPSA) is 26.3 Å². The molecule has 1 rings (SSSR count). The van der Waals surface area contributed by atoms with Gasteiger partial charge in [-0.05, 0) is 30.7 Å². The quantitative estimate of drug-likeness (QED) is 0.500. The summed E-state index contributed by atoms with van der Waals surface area (Å²) in [6, 6.07) is 7.39. The van der Waals surface area contributed by atoms with Crippen LogP contribution in [-0.2, 0) is 0 Å². The molecule has 0 aliphatic heterocycles. The lowest BCUT2D eigenvalue weighted by molar-refractivity contribution is 0.0922. The normalized spacial score (nSPS) is 12.2. The Morgan fingerprint density at radius 2 is 1.83 bits per heavy atom. The molecule has 0 N–H and O–H groups in total. The Kier molecular flexibility index (Phi) is 6.48. The molecule has 0 bridgehead atoms. The van der Waals surface area contributed by atoms with Crippen LogP contribution >= 0.6 is 0 Å². The highest BCUT2D eigenvalue weighted by Crippen LogP contribution is 2.18. The van der Waals surface area contributed by atoms with E-state index < -0.39 is 0 Å². The number of methoxy groups -OCH3 is 1. The average molecular weight is 248 g/mol.